The predicted molar refractivity (Wildman–Crippen MR) is 49.1 cm³/mol. The van der Waals surface area contributed by atoms with Gasteiger partial charge in [-0.15, -0.1) is 0 Å². The van der Waals surface area contributed by atoms with Crippen molar-refractivity contribution in [3.63, 3.8) is 0 Å². The van der Waals surface area contributed by atoms with Gasteiger partial charge < -0.3 is 9.84 Å². The van der Waals surface area contributed by atoms with E-state index in [-0.39, 0.29) is 6.42 Å². The third-order valence-electron chi connectivity index (χ3n) is 2.94. The molecule has 0 aliphatic carbocycles. The van der Waals surface area contributed by atoms with Crippen molar-refractivity contribution in [2.75, 3.05) is 20.2 Å². The van der Waals surface area contributed by atoms with Gasteiger partial charge in [0.1, 0.15) is 6.04 Å². The highest BCUT2D eigenvalue weighted by atomic mass is 19.4. The number of carboxylic acids is 1. The number of carboxylic acid groups (broad SMARTS) is 1. The van der Waals surface area contributed by atoms with Gasteiger partial charge >= 0.3 is 12.1 Å². The van der Waals surface area contributed by atoms with Crippen LogP contribution in [0.2, 0.25) is 0 Å². The van der Waals surface area contributed by atoms with Crippen molar-refractivity contribution in [2.24, 2.45) is 0 Å². The van der Waals surface area contributed by atoms with E-state index in [0.29, 0.717) is 0 Å². The van der Waals surface area contributed by atoms with E-state index in [1.807, 2.05) is 0 Å². The number of hydrogen-bond acceptors (Lipinski definition) is 3. The smallest absolute Gasteiger partial charge is 0.419 e. The summed E-state index contributed by atoms with van der Waals surface area (Å²) < 4.78 is 42.3. The molecule has 0 radical (unpaired) electrons. The van der Waals surface area contributed by atoms with Gasteiger partial charge in [-0.1, -0.05) is 6.92 Å². The Morgan fingerprint density at radius 2 is 2.06 bits per heavy atom. The van der Waals surface area contributed by atoms with Gasteiger partial charge in [0, 0.05) is 20.2 Å². The number of aliphatic carboxylic acids is 1. The molecule has 1 aliphatic rings. The van der Waals surface area contributed by atoms with E-state index >= 15 is 0 Å². The van der Waals surface area contributed by atoms with Gasteiger partial charge in [0.05, 0.1) is 0 Å². The van der Waals surface area contributed by atoms with E-state index in [0.717, 1.165) is 7.11 Å². The molecule has 1 aliphatic heterocycles. The molecule has 16 heavy (non-hydrogen) atoms. The summed E-state index contributed by atoms with van der Waals surface area (Å²) in [5.41, 5.74) is -2.20. The first-order chi connectivity index (χ1) is 7.27. The highest BCUT2D eigenvalue weighted by molar-refractivity contribution is 5.73. The minimum Gasteiger partial charge on any atom is -0.480 e. The first-order valence-electron chi connectivity index (χ1n) is 4.86. The van der Waals surface area contributed by atoms with E-state index in [9.17, 15) is 18.0 Å². The van der Waals surface area contributed by atoms with Crippen LogP contribution in [0, 0.1) is 0 Å². The fourth-order valence-electron chi connectivity index (χ4n) is 1.84. The zero-order chi connectivity index (χ0) is 12.6. The van der Waals surface area contributed by atoms with E-state index < -0.39 is 36.9 Å². The summed E-state index contributed by atoms with van der Waals surface area (Å²) in [6, 6.07) is -0.870. The summed E-state index contributed by atoms with van der Waals surface area (Å²) in [7, 11) is 0.993. The van der Waals surface area contributed by atoms with Crippen LogP contribution in [-0.4, -0.2) is 54.0 Å². The summed E-state index contributed by atoms with van der Waals surface area (Å²) in [5, 5.41) is 8.79. The summed E-state index contributed by atoms with van der Waals surface area (Å²) in [6.07, 6.45) is -4.19. The van der Waals surface area contributed by atoms with Gasteiger partial charge in [-0.3, -0.25) is 9.69 Å². The van der Waals surface area contributed by atoms with Crippen molar-refractivity contribution in [1.29, 1.82) is 0 Å². The molecule has 1 atom stereocenters. The second-order valence-corrected chi connectivity index (χ2v) is 3.86. The number of hydrogen-bond donors (Lipinski definition) is 1. The molecule has 94 valence electrons. The van der Waals surface area contributed by atoms with E-state index in [4.69, 9.17) is 5.11 Å². The maximum atomic E-state index is 12.6. The Hall–Kier alpha value is -0.820. The summed E-state index contributed by atoms with van der Waals surface area (Å²) in [5.74, 6) is -1.10. The first-order valence-corrected chi connectivity index (χ1v) is 4.86. The summed E-state index contributed by atoms with van der Waals surface area (Å²) in [6.45, 7) is 0.786. The zero-order valence-corrected chi connectivity index (χ0v) is 9.04. The lowest BCUT2D eigenvalue weighted by atomic mass is 9.90. The molecule has 1 saturated heterocycles. The normalized spacial score (nSPS) is 22.6. The fraction of sp³-hybridized carbons (Fsp3) is 0.889. The minimum absolute atomic E-state index is 0.271. The van der Waals surface area contributed by atoms with Crippen LogP contribution in [0.5, 0.6) is 0 Å². The molecular formula is C9H14F3NO3. The van der Waals surface area contributed by atoms with E-state index in [1.165, 1.54) is 4.90 Å². The second-order valence-electron chi connectivity index (χ2n) is 3.86. The van der Waals surface area contributed by atoms with Crippen LogP contribution in [0.25, 0.3) is 0 Å². The van der Waals surface area contributed by atoms with Crippen LogP contribution >= 0.6 is 0 Å². The average Bonchev–Trinajstić information content (AvgIpc) is 2.07. The zero-order valence-electron chi connectivity index (χ0n) is 9.04. The topological polar surface area (TPSA) is 49.8 Å². The summed E-state index contributed by atoms with van der Waals surface area (Å²) >= 11 is 0. The van der Waals surface area contributed by atoms with Crippen LogP contribution in [0.1, 0.15) is 13.3 Å². The molecule has 1 heterocycles. The quantitative estimate of drug-likeness (QED) is 0.801. The van der Waals surface area contributed by atoms with Crippen LogP contribution in [-0.2, 0) is 9.53 Å². The van der Waals surface area contributed by atoms with Gasteiger partial charge in [-0.05, 0) is 6.42 Å². The van der Waals surface area contributed by atoms with Gasteiger partial charge in [-0.2, -0.15) is 13.2 Å². The van der Waals surface area contributed by atoms with Gasteiger partial charge in [0.15, 0.2) is 5.60 Å². The highest BCUT2D eigenvalue weighted by Crippen LogP contribution is 2.41. The van der Waals surface area contributed by atoms with Gasteiger partial charge in [-0.25, -0.2) is 0 Å². The number of rotatable bonds is 4. The molecule has 0 aromatic rings. The predicted octanol–water partition coefficient (Wildman–Crippen LogP) is 1.11. The fourth-order valence-corrected chi connectivity index (χ4v) is 1.84. The van der Waals surface area contributed by atoms with Gasteiger partial charge in [0.25, 0.3) is 0 Å². The Bertz CT molecular complexity index is 274. The number of methoxy groups -OCH3 is 1. The monoisotopic (exact) mass is 241 g/mol. The Morgan fingerprint density at radius 3 is 2.31 bits per heavy atom. The Kier molecular flexibility index (Phi) is 3.49. The standard InChI is InChI=1S/C9H14F3NO3/c1-3-6(7(14)15)13-4-8(5-13,16-2)9(10,11)12/h6H,3-5H2,1-2H3,(H,14,15)/t6-/m1/s1. The van der Waals surface area contributed by atoms with Crippen molar-refractivity contribution in [2.45, 2.75) is 31.2 Å². The molecule has 0 saturated carbocycles. The molecule has 7 heteroatoms. The van der Waals surface area contributed by atoms with Crippen LogP contribution in [0.3, 0.4) is 0 Å². The Labute approximate surface area is 91.0 Å². The number of nitrogens with zero attached hydrogens (tertiary/aromatic N) is 1. The van der Waals surface area contributed by atoms with E-state index in [2.05, 4.69) is 4.74 Å². The number of ether oxygens (including phenoxy) is 1. The largest absolute Gasteiger partial charge is 0.480 e. The van der Waals surface area contributed by atoms with Gasteiger partial charge in [0.2, 0.25) is 0 Å². The Morgan fingerprint density at radius 1 is 1.56 bits per heavy atom. The molecule has 0 aromatic heterocycles. The maximum absolute atomic E-state index is 12.6. The van der Waals surface area contributed by atoms with Crippen molar-refractivity contribution in [3.8, 4) is 0 Å². The first kappa shape index (κ1) is 13.2. The third-order valence-corrected chi connectivity index (χ3v) is 2.94. The van der Waals surface area contributed by atoms with Crippen molar-refractivity contribution in [3.05, 3.63) is 0 Å². The number of alkyl halides is 3. The Balaban J connectivity index is 2.68. The number of halogens is 3. The highest BCUT2D eigenvalue weighted by Gasteiger charge is 2.63. The van der Waals surface area contributed by atoms with E-state index in [1.54, 1.807) is 6.92 Å². The van der Waals surface area contributed by atoms with Crippen molar-refractivity contribution >= 4 is 5.97 Å². The molecule has 1 N–H and O–H groups in total. The maximum Gasteiger partial charge on any atom is 0.419 e. The van der Waals surface area contributed by atoms with Crippen LogP contribution < -0.4 is 0 Å². The lowest BCUT2D eigenvalue weighted by molar-refractivity contribution is -0.314. The number of likely N-dealkylation sites (tertiary alicyclic amines) is 1. The molecule has 0 spiro atoms. The molecule has 4 nitrogen and oxygen atoms in total. The molecule has 0 bridgehead atoms. The molecule has 0 aromatic carbocycles. The average molecular weight is 241 g/mol. The van der Waals surface area contributed by atoms with Crippen LogP contribution in [0.15, 0.2) is 0 Å². The molecular weight excluding hydrogens is 227 g/mol. The minimum atomic E-state index is -4.46. The lowest BCUT2D eigenvalue weighted by Crippen LogP contribution is -2.72. The number of carbonyl (C=O) groups is 1. The molecule has 0 amide bonds. The summed E-state index contributed by atoms with van der Waals surface area (Å²) in [4.78, 5) is 12.0. The van der Waals surface area contributed by atoms with Crippen molar-refractivity contribution < 1.29 is 27.8 Å². The molecule has 1 rings (SSSR count). The van der Waals surface area contributed by atoms with Crippen molar-refractivity contribution in [1.82, 2.24) is 4.90 Å². The lowest BCUT2D eigenvalue weighted by Gasteiger charge is -2.51. The second kappa shape index (κ2) is 4.21. The molecule has 0 unspecified atom stereocenters. The van der Waals surface area contributed by atoms with Crippen LogP contribution in [0.4, 0.5) is 13.2 Å². The molecule has 1 fully saturated rings. The third kappa shape index (κ3) is 2.01. The SMILES string of the molecule is CC[C@H](C(=O)O)N1CC(OC)(C(F)(F)F)C1.